The average molecular weight is 347 g/mol. The topological polar surface area (TPSA) is 52.3 Å². The van der Waals surface area contributed by atoms with E-state index in [1.54, 1.807) is 13.0 Å². The number of esters is 1. The van der Waals surface area contributed by atoms with Gasteiger partial charge in [-0.25, -0.2) is 9.78 Å². The monoisotopic (exact) mass is 347 g/mol. The molecule has 0 radical (unpaired) electrons. The van der Waals surface area contributed by atoms with Crippen molar-refractivity contribution in [2.24, 2.45) is 0 Å². The number of rotatable bonds is 7. The maximum absolute atomic E-state index is 12.2. The van der Waals surface area contributed by atoms with E-state index < -0.39 is 5.97 Å². The Morgan fingerprint density at radius 3 is 2.46 bits per heavy atom. The molecule has 3 rings (SSSR count). The summed E-state index contributed by atoms with van der Waals surface area (Å²) < 4.78 is 10.9. The van der Waals surface area contributed by atoms with Crippen LogP contribution in [0.25, 0.3) is 17.5 Å². The molecule has 132 valence electrons. The average Bonchev–Trinajstić information content (AvgIpc) is 3.11. The van der Waals surface area contributed by atoms with Crippen LogP contribution >= 0.6 is 0 Å². The Bertz CT molecular complexity index is 867. The first kappa shape index (κ1) is 17.7. The van der Waals surface area contributed by atoms with Gasteiger partial charge in [-0.1, -0.05) is 54.6 Å². The van der Waals surface area contributed by atoms with Crippen LogP contribution in [0.2, 0.25) is 0 Å². The summed E-state index contributed by atoms with van der Waals surface area (Å²) in [6.45, 7) is 2.06. The van der Waals surface area contributed by atoms with Gasteiger partial charge in [0.1, 0.15) is 0 Å². The second-order valence-electron chi connectivity index (χ2n) is 5.75. The van der Waals surface area contributed by atoms with Gasteiger partial charge in [-0.15, -0.1) is 0 Å². The molecule has 0 saturated carbocycles. The number of aromatic nitrogens is 1. The van der Waals surface area contributed by atoms with E-state index in [0.29, 0.717) is 18.3 Å². The fourth-order valence-corrected chi connectivity index (χ4v) is 2.58. The third-order valence-corrected chi connectivity index (χ3v) is 3.85. The van der Waals surface area contributed by atoms with Crippen LogP contribution < -0.4 is 0 Å². The number of carbonyl (C=O) groups excluding carboxylic acids is 1. The summed E-state index contributed by atoms with van der Waals surface area (Å²) in [5.74, 6) is 0.368. The van der Waals surface area contributed by atoms with Crippen molar-refractivity contribution in [1.29, 1.82) is 0 Å². The smallest absolute Gasteiger partial charge is 0.360 e. The van der Waals surface area contributed by atoms with Gasteiger partial charge >= 0.3 is 5.97 Å². The Balaban J connectivity index is 1.78. The number of carbonyl (C=O) groups is 1. The van der Waals surface area contributed by atoms with E-state index in [2.05, 4.69) is 17.1 Å². The minimum Gasteiger partial charge on any atom is -0.461 e. The van der Waals surface area contributed by atoms with Crippen LogP contribution in [0.15, 0.2) is 71.2 Å². The summed E-state index contributed by atoms with van der Waals surface area (Å²) in [6.07, 6.45) is 5.55. The summed E-state index contributed by atoms with van der Waals surface area (Å²) >= 11 is 0. The number of oxazole rings is 1. The third kappa shape index (κ3) is 4.48. The van der Waals surface area contributed by atoms with Crippen molar-refractivity contribution < 1.29 is 13.9 Å². The molecular weight excluding hydrogens is 326 g/mol. The number of ether oxygens (including phenoxy) is 1. The highest BCUT2D eigenvalue weighted by atomic mass is 16.5. The van der Waals surface area contributed by atoms with Crippen LogP contribution in [0.3, 0.4) is 0 Å². The summed E-state index contributed by atoms with van der Waals surface area (Å²) in [5, 5.41) is 0. The fraction of sp³-hybridized carbons (Fsp3) is 0.182. The molecule has 0 atom stereocenters. The molecule has 3 aromatic rings. The van der Waals surface area contributed by atoms with Gasteiger partial charge in [-0.05, 0) is 43.5 Å². The summed E-state index contributed by atoms with van der Waals surface area (Å²) in [7, 11) is 0. The van der Waals surface area contributed by atoms with E-state index in [9.17, 15) is 4.79 Å². The number of allylic oxidation sites excluding steroid dienone is 1. The maximum Gasteiger partial charge on any atom is 0.360 e. The summed E-state index contributed by atoms with van der Waals surface area (Å²) in [4.78, 5) is 16.5. The summed E-state index contributed by atoms with van der Waals surface area (Å²) in [6, 6.07) is 19.8. The first-order valence-corrected chi connectivity index (χ1v) is 8.71. The molecule has 1 heterocycles. The molecule has 0 fully saturated rings. The second kappa shape index (κ2) is 8.81. The minimum atomic E-state index is -0.471. The molecule has 0 unspecified atom stereocenters. The second-order valence-corrected chi connectivity index (χ2v) is 5.75. The molecule has 2 aromatic carbocycles. The van der Waals surface area contributed by atoms with E-state index in [-0.39, 0.29) is 5.69 Å². The molecule has 0 aliphatic rings. The Morgan fingerprint density at radius 2 is 1.77 bits per heavy atom. The SMILES string of the molecule is CCOC(=O)c1nc(-c2ccccc2)oc1/C=C/CCc1ccccc1. The van der Waals surface area contributed by atoms with Crippen LogP contribution in [-0.4, -0.2) is 17.6 Å². The van der Waals surface area contributed by atoms with Gasteiger partial charge in [0.05, 0.1) is 6.61 Å². The van der Waals surface area contributed by atoms with Crippen molar-refractivity contribution in [2.75, 3.05) is 6.61 Å². The molecule has 0 aliphatic carbocycles. The lowest BCUT2D eigenvalue weighted by molar-refractivity contribution is 0.0519. The van der Waals surface area contributed by atoms with Gasteiger partial charge in [0.15, 0.2) is 11.5 Å². The minimum absolute atomic E-state index is 0.210. The van der Waals surface area contributed by atoms with Crippen molar-refractivity contribution in [3.8, 4) is 11.5 Å². The van der Waals surface area contributed by atoms with Crippen LogP contribution in [0.5, 0.6) is 0 Å². The van der Waals surface area contributed by atoms with Gasteiger partial charge in [0.2, 0.25) is 5.89 Å². The highest BCUT2D eigenvalue weighted by molar-refractivity contribution is 5.91. The highest BCUT2D eigenvalue weighted by Crippen LogP contribution is 2.23. The zero-order chi connectivity index (χ0) is 18.2. The normalized spacial score (nSPS) is 11.0. The number of hydrogen-bond acceptors (Lipinski definition) is 4. The van der Waals surface area contributed by atoms with Crippen LogP contribution in [0, 0.1) is 0 Å². The number of aryl methyl sites for hydroxylation is 1. The summed E-state index contributed by atoms with van der Waals surface area (Å²) in [5.41, 5.74) is 2.30. The van der Waals surface area contributed by atoms with Crippen molar-refractivity contribution in [3.05, 3.63) is 83.8 Å². The first-order chi connectivity index (χ1) is 12.8. The van der Waals surface area contributed by atoms with Crippen LogP contribution in [0.4, 0.5) is 0 Å². The Hall–Kier alpha value is -3.14. The van der Waals surface area contributed by atoms with Crippen molar-refractivity contribution in [1.82, 2.24) is 4.98 Å². The lowest BCUT2D eigenvalue weighted by Gasteiger charge is -1.98. The molecule has 0 aliphatic heterocycles. The largest absolute Gasteiger partial charge is 0.461 e. The predicted molar refractivity (Wildman–Crippen MR) is 102 cm³/mol. The van der Waals surface area contributed by atoms with E-state index in [1.807, 2.05) is 54.6 Å². The highest BCUT2D eigenvalue weighted by Gasteiger charge is 2.20. The van der Waals surface area contributed by atoms with E-state index in [1.165, 1.54) is 5.56 Å². The molecule has 0 spiro atoms. The molecule has 1 aromatic heterocycles. The lowest BCUT2D eigenvalue weighted by Crippen LogP contribution is -2.06. The Kier molecular flexibility index (Phi) is 5.99. The molecule has 26 heavy (non-hydrogen) atoms. The number of hydrogen-bond donors (Lipinski definition) is 0. The lowest BCUT2D eigenvalue weighted by atomic mass is 10.1. The van der Waals surface area contributed by atoms with Gasteiger partial charge in [0.25, 0.3) is 0 Å². The van der Waals surface area contributed by atoms with E-state index in [0.717, 1.165) is 18.4 Å². The van der Waals surface area contributed by atoms with E-state index >= 15 is 0 Å². The molecule has 4 nitrogen and oxygen atoms in total. The van der Waals surface area contributed by atoms with Crippen molar-refractivity contribution in [3.63, 3.8) is 0 Å². The molecule has 0 amide bonds. The zero-order valence-electron chi connectivity index (χ0n) is 14.7. The molecule has 0 bridgehead atoms. The Labute approximate surface area is 153 Å². The molecule has 0 N–H and O–H groups in total. The van der Waals surface area contributed by atoms with Gasteiger partial charge in [0, 0.05) is 5.56 Å². The predicted octanol–water partition coefficient (Wildman–Crippen LogP) is 5.16. The van der Waals surface area contributed by atoms with Crippen molar-refractivity contribution in [2.45, 2.75) is 19.8 Å². The van der Waals surface area contributed by atoms with Gasteiger partial charge < -0.3 is 9.15 Å². The standard InChI is InChI=1S/C22H21NO3/c1-2-25-22(24)20-19(16-10-9-13-17-11-5-3-6-12-17)26-21(23-20)18-14-7-4-8-15-18/h3-8,10-12,14-16H,2,9,13H2,1H3/b16-10+. The van der Waals surface area contributed by atoms with Gasteiger partial charge in [-0.3, -0.25) is 0 Å². The maximum atomic E-state index is 12.2. The number of nitrogens with zero attached hydrogens (tertiary/aromatic N) is 1. The van der Waals surface area contributed by atoms with Crippen LogP contribution in [-0.2, 0) is 11.2 Å². The molecule has 4 heteroatoms. The quantitative estimate of drug-likeness (QED) is 0.554. The van der Waals surface area contributed by atoms with Crippen LogP contribution in [0.1, 0.15) is 35.2 Å². The van der Waals surface area contributed by atoms with E-state index in [4.69, 9.17) is 9.15 Å². The number of benzene rings is 2. The first-order valence-electron chi connectivity index (χ1n) is 8.71. The van der Waals surface area contributed by atoms with Crippen molar-refractivity contribution >= 4 is 12.0 Å². The third-order valence-electron chi connectivity index (χ3n) is 3.85. The fourth-order valence-electron chi connectivity index (χ4n) is 2.58. The van der Waals surface area contributed by atoms with Gasteiger partial charge in [-0.2, -0.15) is 0 Å². The molecule has 0 saturated heterocycles. The molecular formula is C22H21NO3. The Morgan fingerprint density at radius 1 is 1.08 bits per heavy atom. The zero-order valence-corrected chi connectivity index (χ0v) is 14.7.